The van der Waals surface area contributed by atoms with Gasteiger partial charge in [-0.1, -0.05) is 13.8 Å². The van der Waals surface area contributed by atoms with Crippen LogP contribution in [0.15, 0.2) is 0 Å². The van der Waals surface area contributed by atoms with E-state index in [0.29, 0.717) is 12.6 Å². The Kier molecular flexibility index (Phi) is 6.22. The van der Waals surface area contributed by atoms with Crippen molar-refractivity contribution in [2.75, 3.05) is 32.8 Å². The molecule has 2 N–H and O–H groups in total. The van der Waals surface area contributed by atoms with E-state index in [1.165, 1.54) is 25.9 Å². The molecule has 2 unspecified atom stereocenters. The average Bonchev–Trinajstić information content (AvgIpc) is 2.61. The third-order valence-electron chi connectivity index (χ3n) is 3.15. The monoisotopic (exact) mass is 214 g/mol. The minimum atomic E-state index is 0.296. The summed E-state index contributed by atoms with van der Waals surface area (Å²) in [6, 6.07) is 0.472. The molecular weight excluding hydrogens is 188 g/mol. The molecule has 0 aromatic rings. The van der Waals surface area contributed by atoms with Gasteiger partial charge in [-0.15, -0.1) is 0 Å². The number of hydrogen-bond donors (Lipinski definition) is 2. The molecule has 3 nitrogen and oxygen atoms in total. The summed E-state index contributed by atoms with van der Waals surface area (Å²) >= 11 is 0. The minimum absolute atomic E-state index is 0.296. The van der Waals surface area contributed by atoms with Crippen LogP contribution in [0.25, 0.3) is 0 Å². The molecule has 2 atom stereocenters. The third kappa shape index (κ3) is 4.96. The summed E-state index contributed by atoms with van der Waals surface area (Å²) in [7, 11) is 0. The summed E-state index contributed by atoms with van der Waals surface area (Å²) < 4.78 is 0. The topological polar surface area (TPSA) is 35.5 Å². The molecule has 0 spiro atoms. The average molecular weight is 214 g/mol. The lowest BCUT2D eigenvalue weighted by Crippen LogP contribution is -2.41. The number of likely N-dealkylation sites (tertiary alicyclic amines) is 1. The van der Waals surface area contributed by atoms with E-state index in [1.807, 2.05) is 0 Å². The van der Waals surface area contributed by atoms with Crippen LogP contribution in [0.3, 0.4) is 0 Å². The fraction of sp³-hybridized carbons (Fsp3) is 1.00. The summed E-state index contributed by atoms with van der Waals surface area (Å²) in [4.78, 5) is 2.52. The van der Waals surface area contributed by atoms with Gasteiger partial charge in [-0.3, -0.25) is 0 Å². The highest BCUT2D eigenvalue weighted by atomic mass is 16.3. The molecule has 3 heteroatoms. The second-order valence-electron chi connectivity index (χ2n) is 4.82. The van der Waals surface area contributed by atoms with Crippen molar-refractivity contribution in [1.29, 1.82) is 0 Å². The quantitative estimate of drug-likeness (QED) is 0.665. The van der Waals surface area contributed by atoms with Crippen molar-refractivity contribution in [2.24, 2.45) is 5.92 Å². The highest BCUT2D eigenvalue weighted by Crippen LogP contribution is 2.15. The number of hydrogen-bond acceptors (Lipinski definition) is 3. The Labute approximate surface area is 93.9 Å². The Morgan fingerprint density at radius 3 is 2.87 bits per heavy atom. The smallest absolute Gasteiger partial charge is 0.0446 e. The maximum Gasteiger partial charge on any atom is 0.0446 e. The number of nitrogens with zero attached hydrogens (tertiary/aromatic N) is 1. The molecule has 15 heavy (non-hydrogen) atoms. The number of aliphatic hydroxyl groups excluding tert-OH is 1. The summed E-state index contributed by atoms with van der Waals surface area (Å²) in [6.45, 7) is 9.43. The standard InChI is InChI=1S/C12H26N2O/c1-3-6-13-12(5-8-15)10-14-7-4-11(2)9-14/h11-13,15H,3-10H2,1-2H3. The van der Waals surface area contributed by atoms with E-state index in [2.05, 4.69) is 24.1 Å². The highest BCUT2D eigenvalue weighted by Gasteiger charge is 2.21. The SMILES string of the molecule is CCCNC(CCO)CN1CCC(C)C1. The first-order chi connectivity index (χ1) is 7.26. The van der Waals surface area contributed by atoms with Crippen LogP contribution in [0.1, 0.15) is 33.1 Å². The Balaban J connectivity index is 2.23. The number of rotatable bonds is 7. The maximum absolute atomic E-state index is 9.00. The van der Waals surface area contributed by atoms with Gasteiger partial charge in [-0.25, -0.2) is 0 Å². The van der Waals surface area contributed by atoms with Crippen molar-refractivity contribution in [2.45, 2.75) is 39.2 Å². The van der Waals surface area contributed by atoms with Gasteiger partial charge in [0.25, 0.3) is 0 Å². The van der Waals surface area contributed by atoms with Crippen LogP contribution >= 0.6 is 0 Å². The Bertz CT molecular complexity index is 164. The largest absolute Gasteiger partial charge is 0.396 e. The zero-order valence-electron chi connectivity index (χ0n) is 10.2. The van der Waals surface area contributed by atoms with Crippen molar-refractivity contribution >= 4 is 0 Å². The van der Waals surface area contributed by atoms with Gasteiger partial charge in [-0.2, -0.15) is 0 Å². The summed E-state index contributed by atoms with van der Waals surface area (Å²) in [5.41, 5.74) is 0. The molecule has 1 aliphatic heterocycles. The van der Waals surface area contributed by atoms with Crippen LogP contribution in [-0.4, -0.2) is 48.8 Å². The second kappa shape index (κ2) is 7.20. The van der Waals surface area contributed by atoms with Crippen LogP contribution in [0.4, 0.5) is 0 Å². The van der Waals surface area contributed by atoms with E-state index in [4.69, 9.17) is 5.11 Å². The molecule has 1 aliphatic rings. The molecule has 1 rings (SSSR count). The van der Waals surface area contributed by atoms with Gasteiger partial charge in [0.05, 0.1) is 0 Å². The lowest BCUT2D eigenvalue weighted by molar-refractivity contribution is 0.226. The first kappa shape index (κ1) is 12.9. The zero-order chi connectivity index (χ0) is 11.1. The maximum atomic E-state index is 9.00. The van der Waals surface area contributed by atoms with Crippen molar-refractivity contribution in [3.63, 3.8) is 0 Å². The van der Waals surface area contributed by atoms with Crippen LogP contribution in [0, 0.1) is 5.92 Å². The normalized spacial score (nSPS) is 24.6. The van der Waals surface area contributed by atoms with Crippen molar-refractivity contribution in [3.8, 4) is 0 Å². The van der Waals surface area contributed by atoms with Gasteiger partial charge in [0, 0.05) is 25.7 Å². The molecule has 0 aromatic heterocycles. The molecule has 0 aliphatic carbocycles. The van der Waals surface area contributed by atoms with Gasteiger partial charge in [-0.05, 0) is 38.3 Å². The third-order valence-corrected chi connectivity index (χ3v) is 3.15. The zero-order valence-corrected chi connectivity index (χ0v) is 10.2. The Morgan fingerprint density at radius 1 is 1.53 bits per heavy atom. The van der Waals surface area contributed by atoms with E-state index in [1.54, 1.807) is 0 Å². The first-order valence-corrected chi connectivity index (χ1v) is 6.32. The molecule has 0 aromatic carbocycles. The van der Waals surface area contributed by atoms with Crippen molar-refractivity contribution < 1.29 is 5.11 Å². The van der Waals surface area contributed by atoms with Crippen LogP contribution < -0.4 is 5.32 Å². The number of aliphatic hydroxyl groups is 1. The second-order valence-corrected chi connectivity index (χ2v) is 4.82. The summed E-state index contributed by atoms with van der Waals surface area (Å²) in [5.74, 6) is 0.853. The summed E-state index contributed by atoms with van der Waals surface area (Å²) in [6.07, 6.45) is 3.38. The predicted molar refractivity (Wildman–Crippen MR) is 64.0 cm³/mol. The molecule has 0 amide bonds. The predicted octanol–water partition coefficient (Wildman–Crippen LogP) is 1.08. The fourth-order valence-electron chi connectivity index (χ4n) is 2.27. The van der Waals surface area contributed by atoms with Crippen LogP contribution in [0.5, 0.6) is 0 Å². The molecule has 1 fully saturated rings. The van der Waals surface area contributed by atoms with Gasteiger partial charge in [0.2, 0.25) is 0 Å². The first-order valence-electron chi connectivity index (χ1n) is 6.32. The molecule has 1 heterocycles. The Hall–Kier alpha value is -0.120. The Morgan fingerprint density at radius 2 is 2.33 bits per heavy atom. The van der Waals surface area contributed by atoms with E-state index in [-0.39, 0.29) is 0 Å². The molecule has 1 saturated heterocycles. The van der Waals surface area contributed by atoms with Gasteiger partial charge in [0.1, 0.15) is 0 Å². The van der Waals surface area contributed by atoms with Crippen LogP contribution in [-0.2, 0) is 0 Å². The minimum Gasteiger partial charge on any atom is -0.396 e. The van der Waals surface area contributed by atoms with E-state index in [0.717, 1.165) is 25.4 Å². The lowest BCUT2D eigenvalue weighted by Gasteiger charge is -2.24. The van der Waals surface area contributed by atoms with Crippen molar-refractivity contribution in [1.82, 2.24) is 10.2 Å². The van der Waals surface area contributed by atoms with Gasteiger partial charge >= 0.3 is 0 Å². The molecule has 90 valence electrons. The molecule has 0 radical (unpaired) electrons. The molecule has 0 bridgehead atoms. The fourth-order valence-corrected chi connectivity index (χ4v) is 2.27. The van der Waals surface area contributed by atoms with Gasteiger partial charge < -0.3 is 15.3 Å². The van der Waals surface area contributed by atoms with Crippen LogP contribution in [0.2, 0.25) is 0 Å². The van der Waals surface area contributed by atoms with E-state index in [9.17, 15) is 0 Å². The van der Waals surface area contributed by atoms with E-state index < -0.39 is 0 Å². The van der Waals surface area contributed by atoms with Crippen molar-refractivity contribution in [3.05, 3.63) is 0 Å². The lowest BCUT2D eigenvalue weighted by atomic mass is 10.2. The highest BCUT2D eigenvalue weighted by molar-refractivity contribution is 4.78. The van der Waals surface area contributed by atoms with E-state index >= 15 is 0 Å². The number of nitrogens with one attached hydrogen (secondary N) is 1. The molecular formula is C12H26N2O. The van der Waals surface area contributed by atoms with Gasteiger partial charge in [0.15, 0.2) is 0 Å². The molecule has 0 saturated carbocycles. The summed E-state index contributed by atoms with van der Waals surface area (Å²) in [5, 5.41) is 12.5.